The second-order valence-corrected chi connectivity index (χ2v) is 5.35. The van der Waals surface area contributed by atoms with E-state index >= 15 is 0 Å². The maximum atomic E-state index is 6.28. The Kier molecular flexibility index (Phi) is 3.09. The molecule has 0 saturated heterocycles. The highest BCUT2D eigenvalue weighted by atomic mass is 127. The van der Waals surface area contributed by atoms with Crippen molar-refractivity contribution in [1.82, 2.24) is 0 Å². The maximum Gasteiger partial charge on any atom is 0.134 e. The molecule has 1 aromatic heterocycles. The van der Waals surface area contributed by atoms with Crippen molar-refractivity contribution in [2.45, 2.75) is 6.04 Å². The third kappa shape index (κ3) is 2.04. The largest absolute Gasteiger partial charge is 0.459 e. The molecule has 0 saturated carbocycles. The van der Waals surface area contributed by atoms with Crippen molar-refractivity contribution < 1.29 is 4.42 Å². The van der Waals surface area contributed by atoms with Crippen LogP contribution in [0, 0.1) is 3.57 Å². The smallest absolute Gasteiger partial charge is 0.134 e. The van der Waals surface area contributed by atoms with Crippen LogP contribution >= 0.6 is 22.6 Å². The fourth-order valence-corrected chi connectivity index (χ4v) is 2.76. The predicted octanol–water partition coefficient (Wildman–Crippen LogP) is 4.09. The molecule has 1 atom stereocenters. The maximum absolute atomic E-state index is 6.28. The topological polar surface area (TPSA) is 39.2 Å². The quantitative estimate of drug-likeness (QED) is 0.708. The molecule has 0 spiro atoms. The fraction of sp³-hybridized carbons (Fsp3) is 0.0667. The van der Waals surface area contributed by atoms with Gasteiger partial charge in [0.2, 0.25) is 0 Å². The SMILES string of the molecule is NC(c1cc2ccccc2o1)c1ccccc1I. The summed E-state index contributed by atoms with van der Waals surface area (Å²) in [5.74, 6) is 0.806. The van der Waals surface area contributed by atoms with Gasteiger partial charge in [0.25, 0.3) is 0 Å². The summed E-state index contributed by atoms with van der Waals surface area (Å²) in [5.41, 5.74) is 8.26. The molecule has 0 fully saturated rings. The molecule has 0 aliphatic carbocycles. The van der Waals surface area contributed by atoms with E-state index in [-0.39, 0.29) is 6.04 Å². The van der Waals surface area contributed by atoms with E-state index in [1.807, 2.05) is 48.5 Å². The lowest BCUT2D eigenvalue weighted by Crippen LogP contribution is -2.12. The Hall–Kier alpha value is -1.33. The van der Waals surface area contributed by atoms with Crippen LogP contribution in [0.15, 0.2) is 59.0 Å². The fourth-order valence-electron chi connectivity index (χ4n) is 2.04. The number of benzene rings is 2. The average molecular weight is 349 g/mol. The lowest BCUT2D eigenvalue weighted by molar-refractivity contribution is 0.524. The van der Waals surface area contributed by atoms with Gasteiger partial charge in [-0.3, -0.25) is 0 Å². The first kappa shape index (κ1) is 11.7. The first-order valence-electron chi connectivity index (χ1n) is 5.74. The van der Waals surface area contributed by atoms with Crippen molar-refractivity contribution >= 4 is 33.6 Å². The average Bonchev–Trinajstić information content (AvgIpc) is 2.82. The second-order valence-electron chi connectivity index (χ2n) is 4.19. The molecule has 90 valence electrons. The van der Waals surface area contributed by atoms with Crippen LogP contribution in [0.3, 0.4) is 0 Å². The van der Waals surface area contributed by atoms with E-state index in [2.05, 4.69) is 28.7 Å². The highest BCUT2D eigenvalue weighted by Crippen LogP contribution is 2.28. The van der Waals surface area contributed by atoms with Crippen LogP contribution in [0.2, 0.25) is 0 Å². The third-order valence-electron chi connectivity index (χ3n) is 2.99. The van der Waals surface area contributed by atoms with Crippen molar-refractivity contribution in [1.29, 1.82) is 0 Å². The molecule has 0 aliphatic heterocycles. The van der Waals surface area contributed by atoms with Crippen LogP contribution < -0.4 is 5.73 Å². The van der Waals surface area contributed by atoms with Crippen molar-refractivity contribution in [2.75, 3.05) is 0 Å². The molecule has 3 aromatic rings. The zero-order valence-corrected chi connectivity index (χ0v) is 11.8. The number of para-hydroxylation sites is 1. The van der Waals surface area contributed by atoms with Gasteiger partial charge in [0, 0.05) is 8.96 Å². The minimum Gasteiger partial charge on any atom is -0.459 e. The Balaban J connectivity index is 2.07. The summed E-state index contributed by atoms with van der Waals surface area (Å²) in [6.07, 6.45) is 0. The molecule has 2 N–H and O–H groups in total. The van der Waals surface area contributed by atoms with E-state index in [0.29, 0.717) is 0 Å². The van der Waals surface area contributed by atoms with Crippen LogP contribution in [0.5, 0.6) is 0 Å². The van der Waals surface area contributed by atoms with Crippen molar-refractivity contribution in [3.63, 3.8) is 0 Å². The van der Waals surface area contributed by atoms with E-state index in [1.54, 1.807) is 0 Å². The molecule has 3 heteroatoms. The van der Waals surface area contributed by atoms with E-state index in [0.717, 1.165) is 25.9 Å². The molecule has 3 rings (SSSR count). The Morgan fingerprint density at radius 1 is 1.00 bits per heavy atom. The van der Waals surface area contributed by atoms with Crippen LogP contribution in [0.25, 0.3) is 11.0 Å². The molecule has 0 amide bonds. The van der Waals surface area contributed by atoms with Gasteiger partial charge in [-0.05, 0) is 46.4 Å². The summed E-state index contributed by atoms with van der Waals surface area (Å²) in [4.78, 5) is 0. The van der Waals surface area contributed by atoms with Crippen molar-refractivity contribution in [2.24, 2.45) is 5.73 Å². The number of rotatable bonds is 2. The molecule has 0 aliphatic rings. The molecule has 1 unspecified atom stereocenters. The standard InChI is InChI=1S/C15H12INO/c16-12-7-3-2-6-11(12)15(17)14-9-10-5-1-4-8-13(10)18-14/h1-9,15H,17H2. The number of furan rings is 1. The summed E-state index contributed by atoms with van der Waals surface area (Å²) in [6, 6.07) is 17.9. The van der Waals surface area contributed by atoms with Gasteiger partial charge in [0.15, 0.2) is 0 Å². The van der Waals surface area contributed by atoms with Gasteiger partial charge >= 0.3 is 0 Å². The first-order chi connectivity index (χ1) is 8.75. The van der Waals surface area contributed by atoms with Crippen molar-refractivity contribution in [3.8, 4) is 0 Å². The predicted molar refractivity (Wildman–Crippen MR) is 81.4 cm³/mol. The Morgan fingerprint density at radius 2 is 1.72 bits per heavy atom. The lowest BCUT2D eigenvalue weighted by Gasteiger charge is -2.10. The summed E-state index contributed by atoms with van der Waals surface area (Å²) in [7, 11) is 0. The molecular formula is C15H12INO. The van der Waals surface area contributed by atoms with Gasteiger partial charge in [0.1, 0.15) is 11.3 Å². The minimum atomic E-state index is -0.217. The number of nitrogens with two attached hydrogens (primary N) is 1. The van der Waals surface area contributed by atoms with Gasteiger partial charge in [-0.1, -0.05) is 36.4 Å². The molecule has 2 aromatic carbocycles. The van der Waals surface area contributed by atoms with E-state index in [4.69, 9.17) is 10.2 Å². The third-order valence-corrected chi connectivity index (χ3v) is 3.97. The lowest BCUT2D eigenvalue weighted by atomic mass is 10.1. The Morgan fingerprint density at radius 3 is 2.50 bits per heavy atom. The van der Waals surface area contributed by atoms with Gasteiger partial charge in [-0.15, -0.1) is 0 Å². The van der Waals surface area contributed by atoms with Crippen LogP contribution in [-0.4, -0.2) is 0 Å². The summed E-state index contributed by atoms with van der Waals surface area (Å²) >= 11 is 2.30. The molecular weight excluding hydrogens is 337 g/mol. The Labute approximate surface area is 119 Å². The number of hydrogen-bond acceptors (Lipinski definition) is 2. The van der Waals surface area contributed by atoms with E-state index in [9.17, 15) is 0 Å². The molecule has 18 heavy (non-hydrogen) atoms. The minimum absolute atomic E-state index is 0.217. The Bertz CT molecular complexity index is 657. The van der Waals surface area contributed by atoms with Crippen LogP contribution in [0.1, 0.15) is 17.4 Å². The number of halogens is 1. The molecule has 0 bridgehead atoms. The number of fused-ring (bicyclic) bond motifs is 1. The van der Waals surface area contributed by atoms with E-state index in [1.165, 1.54) is 0 Å². The van der Waals surface area contributed by atoms with Crippen molar-refractivity contribution in [3.05, 3.63) is 69.5 Å². The van der Waals surface area contributed by atoms with Gasteiger partial charge in [-0.2, -0.15) is 0 Å². The highest BCUT2D eigenvalue weighted by molar-refractivity contribution is 14.1. The molecule has 0 radical (unpaired) electrons. The van der Waals surface area contributed by atoms with Gasteiger partial charge in [-0.25, -0.2) is 0 Å². The summed E-state index contributed by atoms with van der Waals surface area (Å²) < 4.78 is 6.97. The normalized spacial score (nSPS) is 12.8. The zero-order chi connectivity index (χ0) is 12.5. The first-order valence-corrected chi connectivity index (χ1v) is 6.82. The van der Waals surface area contributed by atoms with Gasteiger partial charge in [0.05, 0.1) is 6.04 Å². The monoisotopic (exact) mass is 349 g/mol. The van der Waals surface area contributed by atoms with Crippen LogP contribution in [-0.2, 0) is 0 Å². The number of hydrogen-bond donors (Lipinski definition) is 1. The molecule has 2 nitrogen and oxygen atoms in total. The summed E-state index contributed by atoms with van der Waals surface area (Å²) in [6.45, 7) is 0. The van der Waals surface area contributed by atoms with Crippen LogP contribution in [0.4, 0.5) is 0 Å². The van der Waals surface area contributed by atoms with E-state index < -0.39 is 0 Å². The highest BCUT2D eigenvalue weighted by Gasteiger charge is 2.15. The summed E-state index contributed by atoms with van der Waals surface area (Å²) in [5, 5.41) is 1.09. The zero-order valence-electron chi connectivity index (χ0n) is 9.64. The molecule has 1 heterocycles. The second kappa shape index (κ2) is 4.74. The van der Waals surface area contributed by atoms with Gasteiger partial charge < -0.3 is 10.2 Å².